The van der Waals surface area contributed by atoms with Crippen molar-refractivity contribution >= 4 is 38.7 Å². The average molecular weight is 455 g/mol. The summed E-state index contributed by atoms with van der Waals surface area (Å²) in [5.74, 6) is 0. The number of benzene rings is 1. The van der Waals surface area contributed by atoms with E-state index in [2.05, 4.69) is 44.0 Å². The SMILES string of the molecule is CCC[CH2][Sn]([CH2]CCC)([CH2]CCC)[c]1ccc2c(c1)C(Cl)=NCC2. The van der Waals surface area contributed by atoms with Crippen LogP contribution in [-0.4, -0.2) is 30.1 Å². The molecule has 1 aromatic rings. The summed E-state index contributed by atoms with van der Waals surface area (Å²) in [6.07, 6.45) is 9.23. The van der Waals surface area contributed by atoms with Gasteiger partial charge in [-0.15, -0.1) is 0 Å². The molecule has 1 aromatic carbocycles. The Kier molecular flexibility index (Phi) is 8.63. The third-order valence-electron chi connectivity index (χ3n) is 5.60. The van der Waals surface area contributed by atoms with Crippen LogP contribution in [0.15, 0.2) is 23.2 Å². The summed E-state index contributed by atoms with van der Waals surface area (Å²) in [6.45, 7) is 7.87. The van der Waals surface area contributed by atoms with E-state index < -0.39 is 18.4 Å². The number of aliphatic imine (C=N–C) groups is 1. The van der Waals surface area contributed by atoms with Crippen molar-refractivity contribution in [1.29, 1.82) is 0 Å². The first-order valence-corrected chi connectivity index (χ1v) is 17.9. The number of hydrogen-bond donors (Lipinski definition) is 0. The van der Waals surface area contributed by atoms with Crippen LogP contribution in [0, 0.1) is 0 Å². The van der Waals surface area contributed by atoms with Crippen LogP contribution in [0.5, 0.6) is 0 Å². The molecule has 0 N–H and O–H groups in total. The van der Waals surface area contributed by atoms with Crippen molar-refractivity contribution < 1.29 is 0 Å². The molecule has 0 unspecified atom stereocenters. The third-order valence-corrected chi connectivity index (χ3v) is 21.5. The predicted molar refractivity (Wildman–Crippen MR) is 112 cm³/mol. The van der Waals surface area contributed by atoms with E-state index in [0.717, 1.165) is 18.1 Å². The van der Waals surface area contributed by atoms with Crippen molar-refractivity contribution in [3.8, 4) is 0 Å². The Morgan fingerprint density at radius 1 is 0.958 bits per heavy atom. The van der Waals surface area contributed by atoms with Gasteiger partial charge in [0.05, 0.1) is 0 Å². The van der Waals surface area contributed by atoms with Crippen LogP contribution < -0.4 is 3.58 Å². The summed E-state index contributed by atoms with van der Waals surface area (Å²) >= 11 is 4.12. The van der Waals surface area contributed by atoms with Crippen LogP contribution in [0.1, 0.15) is 70.4 Å². The van der Waals surface area contributed by atoms with Crippen LogP contribution in [-0.2, 0) is 6.42 Å². The normalized spacial score (nSPS) is 14.4. The molecule has 0 spiro atoms. The van der Waals surface area contributed by atoms with E-state index in [1.54, 1.807) is 3.58 Å². The van der Waals surface area contributed by atoms with Crippen LogP contribution >= 0.6 is 11.6 Å². The zero-order valence-corrected chi connectivity index (χ0v) is 19.4. The monoisotopic (exact) mass is 455 g/mol. The van der Waals surface area contributed by atoms with E-state index in [1.807, 2.05) is 0 Å². The van der Waals surface area contributed by atoms with Crippen molar-refractivity contribution in [3.63, 3.8) is 0 Å². The molecule has 1 heterocycles. The van der Waals surface area contributed by atoms with Gasteiger partial charge in [-0.2, -0.15) is 0 Å². The zero-order chi connectivity index (χ0) is 17.4. The molecule has 1 nitrogen and oxygen atoms in total. The van der Waals surface area contributed by atoms with Gasteiger partial charge in [0.15, 0.2) is 0 Å². The Bertz CT molecular complexity index is 531. The molecule has 2 rings (SSSR count). The molecule has 0 aliphatic carbocycles. The van der Waals surface area contributed by atoms with Crippen LogP contribution in [0.25, 0.3) is 0 Å². The molecule has 0 saturated carbocycles. The molecular formula is C21H34ClNSn. The van der Waals surface area contributed by atoms with Crippen molar-refractivity contribution in [2.75, 3.05) is 6.54 Å². The Balaban J connectivity index is 2.40. The number of halogens is 1. The number of unbranched alkanes of at least 4 members (excludes halogenated alkanes) is 3. The minimum atomic E-state index is -2.34. The van der Waals surface area contributed by atoms with Crippen molar-refractivity contribution in [3.05, 3.63) is 29.3 Å². The Labute approximate surface area is 158 Å². The summed E-state index contributed by atoms with van der Waals surface area (Å²) < 4.78 is 6.25. The molecule has 0 amide bonds. The molecule has 0 radical (unpaired) electrons. The first kappa shape index (κ1) is 20.3. The zero-order valence-electron chi connectivity index (χ0n) is 15.8. The summed E-state index contributed by atoms with van der Waals surface area (Å²) in [5.41, 5.74) is 2.64. The number of rotatable bonds is 10. The molecular weight excluding hydrogens is 420 g/mol. The summed E-state index contributed by atoms with van der Waals surface area (Å²) in [5, 5.41) is 0.750. The van der Waals surface area contributed by atoms with Gasteiger partial charge in [0, 0.05) is 0 Å². The van der Waals surface area contributed by atoms with Gasteiger partial charge in [0.25, 0.3) is 0 Å². The van der Waals surface area contributed by atoms with Crippen LogP contribution in [0.2, 0.25) is 13.3 Å². The van der Waals surface area contributed by atoms with E-state index in [0.29, 0.717) is 0 Å². The quantitative estimate of drug-likeness (QED) is 0.369. The summed E-state index contributed by atoms with van der Waals surface area (Å²) in [6, 6.07) is 7.33. The Morgan fingerprint density at radius 3 is 2.08 bits per heavy atom. The molecule has 3 heteroatoms. The Morgan fingerprint density at radius 2 is 1.54 bits per heavy atom. The summed E-state index contributed by atoms with van der Waals surface area (Å²) in [4.78, 5) is 4.49. The fourth-order valence-electron chi connectivity index (χ4n) is 4.03. The van der Waals surface area contributed by atoms with Crippen molar-refractivity contribution in [2.45, 2.75) is 79.0 Å². The van der Waals surface area contributed by atoms with Gasteiger partial charge in [0.2, 0.25) is 0 Å². The molecule has 1 aliphatic rings. The second-order valence-corrected chi connectivity index (χ2v) is 21.0. The predicted octanol–water partition coefficient (Wildman–Crippen LogP) is 6.28. The molecule has 24 heavy (non-hydrogen) atoms. The van der Waals surface area contributed by atoms with Gasteiger partial charge in [-0.25, -0.2) is 0 Å². The van der Waals surface area contributed by atoms with Gasteiger partial charge in [-0.05, 0) is 0 Å². The van der Waals surface area contributed by atoms with Crippen LogP contribution in [0.3, 0.4) is 0 Å². The minimum absolute atomic E-state index is 0.750. The Hall–Kier alpha value is -0.0213. The maximum absolute atomic E-state index is 6.46. The van der Waals surface area contributed by atoms with Gasteiger partial charge >= 0.3 is 159 Å². The first-order valence-electron chi connectivity index (χ1n) is 10.0. The van der Waals surface area contributed by atoms with Crippen LogP contribution in [0.4, 0.5) is 0 Å². The standard InChI is InChI=1S/C9H7ClN.3C4H9.Sn/c10-9-8-4-2-1-3-7(8)5-6-11-9;3*1-3-4-2;/h1,3-4H,5-6H2;3*1,3-4H2,2H3;. The van der Waals surface area contributed by atoms with E-state index in [4.69, 9.17) is 11.6 Å². The topological polar surface area (TPSA) is 12.4 Å². The second kappa shape index (κ2) is 10.2. The first-order chi connectivity index (χ1) is 11.7. The number of nitrogens with zero attached hydrogens (tertiary/aromatic N) is 1. The maximum atomic E-state index is 6.46. The fourth-order valence-corrected chi connectivity index (χ4v) is 20.3. The van der Waals surface area contributed by atoms with E-state index in [1.165, 1.54) is 63.0 Å². The van der Waals surface area contributed by atoms with Gasteiger partial charge in [-0.1, -0.05) is 0 Å². The third kappa shape index (κ3) is 5.00. The molecule has 0 saturated heterocycles. The van der Waals surface area contributed by atoms with E-state index >= 15 is 0 Å². The second-order valence-electron chi connectivity index (χ2n) is 7.39. The molecule has 0 bridgehead atoms. The molecule has 134 valence electrons. The average Bonchev–Trinajstić information content (AvgIpc) is 2.62. The van der Waals surface area contributed by atoms with E-state index in [9.17, 15) is 0 Å². The fraction of sp³-hybridized carbons (Fsp3) is 0.667. The van der Waals surface area contributed by atoms with Gasteiger partial charge in [0.1, 0.15) is 0 Å². The van der Waals surface area contributed by atoms with Gasteiger partial charge in [-0.3, -0.25) is 0 Å². The van der Waals surface area contributed by atoms with Gasteiger partial charge < -0.3 is 0 Å². The van der Waals surface area contributed by atoms with Crippen molar-refractivity contribution in [1.82, 2.24) is 0 Å². The number of hydrogen-bond acceptors (Lipinski definition) is 1. The summed E-state index contributed by atoms with van der Waals surface area (Å²) in [7, 11) is 0. The molecule has 0 aromatic heterocycles. The molecule has 0 atom stereocenters. The number of fused-ring (bicyclic) bond motifs is 1. The molecule has 0 fully saturated rings. The molecule has 1 aliphatic heterocycles. The van der Waals surface area contributed by atoms with Crippen molar-refractivity contribution in [2.24, 2.45) is 4.99 Å². The van der Waals surface area contributed by atoms with E-state index in [-0.39, 0.29) is 0 Å².